The summed E-state index contributed by atoms with van der Waals surface area (Å²) in [5.74, 6) is 2.27. The lowest BCUT2D eigenvalue weighted by molar-refractivity contribution is 0.180. The fourth-order valence-electron chi connectivity index (χ4n) is 4.75. The third-order valence-corrected chi connectivity index (χ3v) is 6.29. The van der Waals surface area contributed by atoms with Gasteiger partial charge in [0.2, 0.25) is 0 Å². The number of nitrogens with zero attached hydrogens (tertiary/aromatic N) is 2. The largest absolute Gasteiger partial charge is 0.487 e. The SMILES string of the molecule is CC(C)Oc1ccccc1Oc1cccc(CN2CCC(n3c(=O)[nH]c4ccccc43)CC2)c1. The monoisotopic (exact) mass is 457 g/mol. The quantitative estimate of drug-likeness (QED) is 0.384. The molecule has 3 aromatic carbocycles. The highest BCUT2D eigenvalue weighted by Gasteiger charge is 2.23. The van der Waals surface area contributed by atoms with Crippen LogP contribution in [-0.2, 0) is 6.54 Å². The van der Waals surface area contributed by atoms with E-state index in [-0.39, 0.29) is 17.8 Å². The number of likely N-dealkylation sites (tertiary alicyclic amines) is 1. The molecule has 1 N–H and O–H groups in total. The molecule has 2 heterocycles. The van der Waals surface area contributed by atoms with Crippen LogP contribution in [0.5, 0.6) is 17.2 Å². The average Bonchev–Trinajstić information content (AvgIpc) is 3.16. The number of para-hydroxylation sites is 4. The van der Waals surface area contributed by atoms with Crippen LogP contribution in [0.4, 0.5) is 0 Å². The number of piperidine rings is 1. The molecule has 0 bridgehead atoms. The number of ether oxygens (including phenoxy) is 2. The van der Waals surface area contributed by atoms with E-state index >= 15 is 0 Å². The Hall–Kier alpha value is -3.51. The average molecular weight is 458 g/mol. The van der Waals surface area contributed by atoms with Gasteiger partial charge in [0.1, 0.15) is 5.75 Å². The Morgan fingerprint density at radius 2 is 1.68 bits per heavy atom. The number of aromatic amines is 1. The van der Waals surface area contributed by atoms with Crippen LogP contribution >= 0.6 is 0 Å². The van der Waals surface area contributed by atoms with Gasteiger partial charge in [-0.3, -0.25) is 9.47 Å². The van der Waals surface area contributed by atoms with E-state index in [0.29, 0.717) is 0 Å². The van der Waals surface area contributed by atoms with Gasteiger partial charge in [-0.05, 0) is 68.7 Å². The van der Waals surface area contributed by atoms with E-state index in [1.54, 1.807) is 0 Å². The van der Waals surface area contributed by atoms with E-state index in [0.717, 1.165) is 60.8 Å². The third kappa shape index (κ3) is 4.87. The summed E-state index contributed by atoms with van der Waals surface area (Å²) in [7, 11) is 0. The molecule has 1 aliphatic heterocycles. The highest BCUT2D eigenvalue weighted by molar-refractivity contribution is 5.75. The summed E-state index contributed by atoms with van der Waals surface area (Å²) in [6.07, 6.45) is 1.99. The fraction of sp³-hybridized carbons (Fsp3) is 0.321. The molecular weight excluding hydrogens is 426 g/mol. The second-order valence-electron chi connectivity index (χ2n) is 9.19. The van der Waals surface area contributed by atoms with Crippen molar-refractivity contribution in [3.63, 3.8) is 0 Å². The first-order chi connectivity index (χ1) is 16.6. The van der Waals surface area contributed by atoms with Gasteiger partial charge in [-0.2, -0.15) is 0 Å². The molecule has 0 radical (unpaired) electrons. The summed E-state index contributed by atoms with van der Waals surface area (Å²) in [4.78, 5) is 18.0. The number of hydrogen-bond donors (Lipinski definition) is 1. The Balaban J connectivity index is 1.23. The van der Waals surface area contributed by atoms with E-state index in [9.17, 15) is 4.79 Å². The molecule has 0 spiro atoms. The molecule has 0 saturated carbocycles. The van der Waals surface area contributed by atoms with Gasteiger partial charge >= 0.3 is 5.69 Å². The smallest absolute Gasteiger partial charge is 0.326 e. The predicted octanol–water partition coefficient (Wildman–Crippen LogP) is 5.75. The van der Waals surface area contributed by atoms with Crippen molar-refractivity contribution >= 4 is 11.0 Å². The molecule has 1 aliphatic rings. The Labute approximate surface area is 199 Å². The maximum Gasteiger partial charge on any atom is 0.326 e. The molecule has 1 aromatic heterocycles. The van der Waals surface area contributed by atoms with Gasteiger partial charge in [0.25, 0.3) is 0 Å². The zero-order valence-corrected chi connectivity index (χ0v) is 19.7. The highest BCUT2D eigenvalue weighted by Crippen LogP contribution is 2.33. The van der Waals surface area contributed by atoms with Gasteiger partial charge in [-0.1, -0.05) is 36.4 Å². The summed E-state index contributed by atoms with van der Waals surface area (Å²) in [6, 6.07) is 24.2. The molecule has 34 heavy (non-hydrogen) atoms. The number of imidazole rings is 1. The van der Waals surface area contributed by atoms with Gasteiger partial charge < -0.3 is 14.5 Å². The third-order valence-electron chi connectivity index (χ3n) is 6.29. The minimum atomic E-state index is -0.00812. The first-order valence-electron chi connectivity index (χ1n) is 12.0. The van der Waals surface area contributed by atoms with Crippen molar-refractivity contribution in [2.75, 3.05) is 13.1 Å². The summed E-state index contributed by atoms with van der Waals surface area (Å²) >= 11 is 0. The number of hydrogen-bond acceptors (Lipinski definition) is 4. The second kappa shape index (κ2) is 9.77. The van der Waals surface area contributed by atoms with Crippen molar-refractivity contribution in [3.8, 4) is 17.2 Å². The molecule has 1 saturated heterocycles. The molecule has 6 nitrogen and oxygen atoms in total. The maximum atomic E-state index is 12.6. The molecule has 0 unspecified atom stereocenters. The molecular formula is C28H31N3O3. The maximum absolute atomic E-state index is 12.6. The zero-order valence-electron chi connectivity index (χ0n) is 19.7. The minimum absolute atomic E-state index is 0.00812. The zero-order chi connectivity index (χ0) is 23.5. The Morgan fingerprint density at radius 1 is 0.941 bits per heavy atom. The number of benzene rings is 3. The van der Waals surface area contributed by atoms with Crippen molar-refractivity contribution < 1.29 is 9.47 Å². The summed E-state index contributed by atoms with van der Waals surface area (Å²) in [6.45, 7) is 6.78. The Morgan fingerprint density at radius 3 is 2.47 bits per heavy atom. The molecule has 0 amide bonds. The summed E-state index contributed by atoms with van der Waals surface area (Å²) in [5.41, 5.74) is 3.11. The fourth-order valence-corrected chi connectivity index (χ4v) is 4.75. The van der Waals surface area contributed by atoms with Crippen LogP contribution in [0.1, 0.15) is 38.3 Å². The Kier molecular flexibility index (Phi) is 6.41. The van der Waals surface area contributed by atoms with E-state index in [2.05, 4.69) is 22.0 Å². The van der Waals surface area contributed by atoms with E-state index in [1.165, 1.54) is 5.56 Å². The van der Waals surface area contributed by atoms with Crippen LogP contribution in [0.15, 0.2) is 77.6 Å². The van der Waals surface area contributed by atoms with Gasteiger partial charge in [-0.25, -0.2) is 4.79 Å². The van der Waals surface area contributed by atoms with Crippen molar-refractivity contribution in [3.05, 3.63) is 88.8 Å². The molecule has 6 heteroatoms. The summed E-state index contributed by atoms with van der Waals surface area (Å²) < 4.78 is 14.0. The first-order valence-corrected chi connectivity index (χ1v) is 12.0. The molecule has 0 aliphatic carbocycles. The van der Waals surface area contributed by atoms with Crippen molar-refractivity contribution in [1.82, 2.24) is 14.5 Å². The van der Waals surface area contributed by atoms with Crippen LogP contribution in [0.3, 0.4) is 0 Å². The normalized spacial score (nSPS) is 15.1. The van der Waals surface area contributed by atoms with E-state index < -0.39 is 0 Å². The predicted molar refractivity (Wildman–Crippen MR) is 135 cm³/mol. The lowest BCUT2D eigenvalue weighted by Crippen LogP contribution is -2.36. The molecule has 176 valence electrons. The molecule has 0 atom stereocenters. The van der Waals surface area contributed by atoms with Crippen molar-refractivity contribution in [2.45, 2.75) is 45.4 Å². The first kappa shape index (κ1) is 22.3. The topological polar surface area (TPSA) is 59.5 Å². The standard InChI is InChI=1S/C28H31N3O3/c1-20(2)33-26-12-5-6-13-27(26)34-23-9-7-8-21(18-23)19-30-16-14-22(15-17-30)31-25-11-4-3-10-24(25)29-28(31)32/h3-13,18,20,22H,14-17,19H2,1-2H3,(H,29,32). The number of aromatic nitrogens is 2. The minimum Gasteiger partial charge on any atom is -0.487 e. The highest BCUT2D eigenvalue weighted by atomic mass is 16.5. The van der Waals surface area contributed by atoms with Crippen LogP contribution in [-0.4, -0.2) is 33.6 Å². The van der Waals surface area contributed by atoms with E-state index in [4.69, 9.17) is 9.47 Å². The number of fused-ring (bicyclic) bond motifs is 1. The molecule has 1 fully saturated rings. The van der Waals surface area contributed by atoms with Gasteiger partial charge in [0, 0.05) is 25.7 Å². The van der Waals surface area contributed by atoms with Gasteiger partial charge in [0.05, 0.1) is 17.1 Å². The lowest BCUT2D eigenvalue weighted by atomic mass is 10.0. The van der Waals surface area contributed by atoms with Crippen LogP contribution in [0.2, 0.25) is 0 Å². The van der Waals surface area contributed by atoms with Crippen LogP contribution in [0.25, 0.3) is 11.0 Å². The summed E-state index contributed by atoms with van der Waals surface area (Å²) in [5, 5.41) is 0. The van der Waals surface area contributed by atoms with Crippen molar-refractivity contribution in [1.29, 1.82) is 0 Å². The van der Waals surface area contributed by atoms with Gasteiger partial charge in [0.15, 0.2) is 11.5 Å². The second-order valence-corrected chi connectivity index (χ2v) is 9.19. The number of nitrogens with one attached hydrogen (secondary N) is 1. The lowest BCUT2D eigenvalue weighted by Gasteiger charge is -2.32. The number of rotatable bonds is 7. The number of H-pyrrole nitrogens is 1. The molecule has 4 aromatic rings. The molecule has 5 rings (SSSR count). The van der Waals surface area contributed by atoms with Crippen molar-refractivity contribution in [2.24, 2.45) is 0 Å². The van der Waals surface area contributed by atoms with E-state index in [1.807, 2.05) is 79.1 Å². The Bertz CT molecular complexity index is 1320. The van der Waals surface area contributed by atoms with Crippen LogP contribution in [0, 0.1) is 0 Å². The van der Waals surface area contributed by atoms with Crippen LogP contribution < -0.4 is 15.2 Å². The van der Waals surface area contributed by atoms with Gasteiger partial charge in [-0.15, -0.1) is 0 Å².